The number of pyridine rings is 2. The summed E-state index contributed by atoms with van der Waals surface area (Å²) in [5, 5.41) is 2.88. The summed E-state index contributed by atoms with van der Waals surface area (Å²) >= 11 is 0. The number of piperidine rings is 1. The van der Waals surface area contributed by atoms with Gasteiger partial charge in [-0.2, -0.15) is 13.2 Å². The average Bonchev–Trinajstić information content (AvgIpc) is 2.79. The number of nitrogens with one attached hydrogen (secondary N) is 1. The van der Waals surface area contributed by atoms with Crippen molar-refractivity contribution >= 4 is 23.2 Å². The summed E-state index contributed by atoms with van der Waals surface area (Å²) in [6, 6.07) is 11.6. The van der Waals surface area contributed by atoms with E-state index in [9.17, 15) is 18.0 Å². The quantitative estimate of drug-likeness (QED) is 0.598. The SMILES string of the molecule is O=C(Nc1ccncc1)N1c2nc(-c3cccc(C(F)(F)F)c3)ccc2N2CCC[C@H]1C2. The third-order valence-corrected chi connectivity index (χ3v) is 5.82. The highest BCUT2D eigenvalue weighted by molar-refractivity contribution is 6.04. The Morgan fingerprint density at radius 3 is 2.69 bits per heavy atom. The van der Waals surface area contributed by atoms with Crippen LogP contribution in [0.5, 0.6) is 0 Å². The van der Waals surface area contributed by atoms with Gasteiger partial charge in [0, 0.05) is 36.7 Å². The first-order chi connectivity index (χ1) is 15.4. The first-order valence-corrected chi connectivity index (χ1v) is 10.3. The zero-order valence-corrected chi connectivity index (χ0v) is 17.0. The fourth-order valence-corrected chi connectivity index (χ4v) is 4.32. The minimum Gasteiger partial charge on any atom is -0.366 e. The van der Waals surface area contributed by atoms with Crippen molar-refractivity contribution in [3.63, 3.8) is 0 Å². The van der Waals surface area contributed by atoms with E-state index < -0.39 is 11.7 Å². The summed E-state index contributed by atoms with van der Waals surface area (Å²) < 4.78 is 39.6. The number of halogens is 3. The van der Waals surface area contributed by atoms with Crippen LogP contribution in [0.2, 0.25) is 0 Å². The molecule has 1 aromatic carbocycles. The first-order valence-electron chi connectivity index (χ1n) is 10.3. The highest BCUT2D eigenvalue weighted by Crippen LogP contribution is 2.40. The number of hydrogen-bond donors (Lipinski definition) is 1. The second-order valence-corrected chi connectivity index (χ2v) is 7.90. The van der Waals surface area contributed by atoms with Crippen molar-refractivity contribution in [2.24, 2.45) is 0 Å². The first kappa shape index (κ1) is 20.3. The molecule has 0 aliphatic carbocycles. The number of anilines is 3. The van der Waals surface area contributed by atoms with E-state index in [1.54, 1.807) is 41.6 Å². The zero-order valence-electron chi connectivity index (χ0n) is 17.0. The number of fused-ring (bicyclic) bond motifs is 4. The van der Waals surface area contributed by atoms with Gasteiger partial charge in [0.1, 0.15) is 0 Å². The summed E-state index contributed by atoms with van der Waals surface area (Å²) in [7, 11) is 0. The standard InChI is InChI=1S/C23H20F3N5O/c24-23(25,26)16-4-1-3-15(13-16)19-6-7-20-21(29-19)31(18-5-2-12-30(20)14-18)22(32)28-17-8-10-27-11-9-17/h1,3-4,6-11,13,18H,2,5,12,14H2,(H,27,28,32)/t18-/m0/s1. The Balaban J connectivity index is 1.55. The van der Waals surface area contributed by atoms with Crippen molar-refractivity contribution in [1.29, 1.82) is 0 Å². The lowest BCUT2D eigenvalue weighted by molar-refractivity contribution is -0.137. The van der Waals surface area contributed by atoms with Crippen LogP contribution in [-0.4, -0.2) is 35.1 Å². The minimum atomic E-state index is -4.44. The van der Waals surface area contributed by atoms with Gasteiger partial charge >= 0.3 is 12.2 Å². The van der Waals surface area contributed by atoms with Crippen molar-refractivity contribution in [2.75, 3.05) is 28.2 Å². The monoisotopic (exact) mass is 439 g/mol. The van der Waals surface area contributed by atoms with Crippen LogP contribution in [0.1, 0.15) is 18.4 Å². The Hall–Kier alpha value is -3.62. The smallest absolute Gasteiger partial charge is 0.366 e. The third-order valence-electron chi connectivity index (χ3n) is 5.82. The van der Waals surface area contributed by atoms with Gasteiger partial charge < -0.3 is 10.2 Å². The van der Waals surface area contributed by atoms with Gasteiger partial charge in [0.2, 0.25) is 0 Å². The number of urea groups is 1. The molecular weight excluding hydrogens is 419 g/mol. The third kappa shape index (κ3) is 3.74. The Morgan fingerprint density at radius 1 is 1.09 bits per heavy atom. The van der Waals surface area contributed by atoms with Gasteiger partial charge in [0.25, 0.3) is 0 Å². The number of alkyl halides is 3. The number of aromatic nitrogens is 2. The number of carbonyl (C=O) groups is 1. The maximum Gasteiger partial charge on any atom is 0.416 e. The minimum absolute atomic E-state index is 0.0673. The lowest BCUT2D eigenvalue weighted by atomic mass is 9.99. The molecule has 2 aliphatic rings. The largest absolute Gasteiger partial charge is 0.416 e. The maximum absolute atomic E-state index is 13.3. The second kappa shape index (κ2) is 7.81. The molecule has 2 amide bonds. The van der Waals surface area contributed by atoms with Gasteiger partial charge in [-0.3, -0.25) is 9.88 Å². The second-order valence-electron chi connectivity index (χ2n) is 7.90. The van der Waals surface area contributed by atoms with Crippen LogP contribution in [0, 0.1) is 0 Å². The molecule has 5 rings (SSSR count). The molecule has 0 radical (unpaired) electrons. The van der Waals surface area contributed by atoms with Crippen molar-refractivity contribution in [3.05, 3.63) is 66.5 Å². The molecule has 0 unspecified atom stereocenters. The van der Waals surface area contributed by atoms with E-state index in [0.717, 1.165) is 37.2 Å². The summed E-state index contributed by atoms with van der Waals surface area (Å²) in [6.07, 6.45) is 0.509. The van der Waals surface area contributed by atoms with Crippen molar-refractivity contribution in [2.45, 2.75) is 25.1 Å². The van der Waals surface area contributed by atoms with Crippen LogP contribution >= 0.6 is 0 Å². The molecular formula is C23H20F3N5O. The molecule has 32 heavy (non-hydrogen) atoms. The lowest BCUT2D eigenvalue weighted by Gasteiger charge is -2.45. The Kier molecular flexibility index (Phi) is 4.96. The molecule has 9 heteroatoms. The van der Waals surface area contributed by atoms with Gasteiger partial charge in [-0.05, 0) is 49.2 Å². The van der Waals surface area contributed by atoms with Gasteiger partial charge in [0.15, 0.2) is 5.82 Å². The molecule has 164 valence electrons. The molecule has 0 spiro atoms. The lowest BCUT2D eigenvalue weighted by Crippen LogP contribution is -2.56. The van der Waals surface area contributed by atoms with E-state index in [-0.39, 0.29) is 12.1 Å². The molecule has 2 aromatic heterocycles. The number of nitrogens with zero attached hydrogens (tertiary/aromatic N) is 4. The van der Waals surface area contributed by atoms with E-state index in [4.69, 9.17) is 0 Å². The normalized spacial score (nSPS) is 17.7. The average molecular weight is 439 g/mol. The Morgan fingerprint density at radius 2 is 1.91 bits per heavy atom. The Labute approximate surface area is 182 Å². The molecule has 1 N–H and O–H groups in total. The van der Waals surface area contributed by atoms with Crippen LogP contribution in [0.15, 0.2) is 60.9 Å². The van der Waals surface area contributed by atoms with Crippen molar-refractivity contribution in [1.82, 2.24) is 9.97 Å². The molecule has 4 heterocycles. The fraction of sp³-hybridized carbons (Fsp3) is 0.261. The fourth-order valence-electron chi connectivity index (χ4n) is 4.32. The van der Waals surface area contributed by atoms with Gasteiger partial charge in [0.05, 0.1) is 23.0 Å². The molecule has 0 saturated carbocycles. The van der Waals surface area contributed by atoms with Crippen molar-refractivity contribution < 1.29 is 18.0 Å². The number of rotatable bonds is 2. The maximum atomic E-state index is 13.3. The van der Waals surface area contributed by atoms with Gasteiger partial charge in [-0.15, -0.1) is 0 Å². The zero-order chi connectivity index (χ0) is 22.3. The molecule has 2 bridgehead atoms. The Bertz CT molecular complexity index is 1150. The highest BCUT2D eigenvalue weighted by Gasteiger charge is 2.38. The summed E-state index contributed by atoms with van der Waals surface area (Å²) in [6.45, 7) is 1.55. The molecule has 2 aliphatic heterocycles. The molecule has 3 aromatic rings. The molecule has 1 fully saturated rings. The predicted molar refractivity (Wildman–Crippen MR) is 116 cm³/mol. The van der Waals surface area contributed by atoms with Crippen LogP contribution < -0.4 is 15.1 Å². The van der Waals surface area contributed by atoms with E-state index in [0.29, 0.717) is 29.3 Å². The number of benzene rings is 1. The van der Waals surface area contributed by atoms with Crippen molar-refractivity contribution in [3.8, 4) is 11.3 Å². The molecule has 6 nitrogen and oxygen atoms in total. The van der Waals surface area contributed by atoms with Gasteiger partial charge in [-0.1, -0.05) is 12.1 Å². The number of carbonyl (C=O) groups excluding carboxylic acids is 1. The van der Waals surface area contributed by atoms with E-state index >= 15 is 0 Å². The van der Waals surface area contributed by atoms with E-state index in [1.165, 1.54) is 6.07 Å². The van der Waals surface area contributed by atoms with Crippen LogP contribution in [0.4, 0.5) is 35.2 Å². The summed E-state index contributed by atoms with van der Waals surface area (Å²) in [4.78, 5) is 25.7. The summed E-state index contributed by atoms with van der Waals surface area (Å²) in [5.41, 5.74) is 1.42. The van der Waals surface area contributed by atoms with E-state index in [1.807, 2.05) is 6.07 Å². The highest BCUT2D eigenvalue weighted by atomic mass is 19.4. The van der Waals surface area contributed by atoms with E-state index in [2.05, 4.69) is 20.2 Å². The number of hydrogen-bond acceptors (Lipinski definition) is 4. The van der Waals surface area contributed by atoms with Gasteiger partial charge in [-0.25, -0.2) is 9.78 Å². The van der Waals surface area contributed by atoms with Crippen LogP contribution in [0.25, 0.3) is 11.3 Å². The topological polar surface area (TPSA) is 61.4 Å². The predicted octanol–water partition coefficient (Wildman–Crippen LogP) is 5.18. The molecule has 1 atom stereocenters. The van der Waals surface area contributed by atoms with Crippen LogP contribution in [-0.2, 0) is 6.18 Å². The molecule has 1 saturated heterocycles. The summed E-state index contributed by atoms with van der Waals surface area (Å²) in [5.74, 6) is 0.461. The number of amides is 2. The van der Waals surface area contributed by atoms with Crippen LogP contribution in [0.3, 0.4) is 0 Å².